The molecule has 0 radical (unpaired) electrons. The predicted octanol–water partition coefficient (Wildman–Crippen LogP) is 0.943. The second-order valence-corrected chi connectivity index (χ2v) is 11.1. The van der Waals surface area contributed by atoms with Gasteiger partial charge in [0.2, 0.25) is 21.8 Å². The number of thiophene rings is 1. The highest BCUT2D eigenvalue weighted by atomic mass is 32.2. The zero-order chi connectivity index (χ0) is 24.3. The summed E-state index contributed by atoms with van der Waals surface area (Å²) in [5, 5.41) is 10.2. The summed E-state index contributed by atoms with van der Waals surface area (Å²) in [6.45, 7) is 1.01. The zero-order valence-electron chi connectivity index (χ0n) is 18.5. The number of nitrogens with one attached hydrogen (secondary N) is 3. The monoisotopic (exact) mass is 505 g/mol. The van der Waals surface area contributed by atoms with E-state index in [-0.39, 0.29) is 29.7 Å². The van der Waals surface area contributed by atoms with Gasteiger partial charge < -0.3 is 20.7 Å². The fourth-order valence-electron chi connectivity index (χ4n) is 3.99. The van der Waals surface area contributed by atoms with Crippen molar-refractivity contribution in [1.82, 2.24) is 14.9 Å². The van der Waals surface area contributed by atoms with Crippen molar-refractivity contribution in [3.8, 4) is 5.75 Å². The summed E-state index contributed by atoms with van der Waals surface area (Å²) >= 11 is 1.32. The highest BCUT2D eigenvalue weighted by molar-refractivity contribution is 7.89. The number of carbonyl (C=O) groups excluding carboxylic acids is 2. The van der Waals surface area contributed by atoms with Crippen LogP contribution >= 0.6 is 11.3 Å². The molecule has 0 spiro atoms. The first-order chi connectivity index (χ1) is 16.2. The molecule has 182 valence electrons. The molecule has 0 saturated carbocycles. The number of amidine groups is 1. The second kappa shape index (κ2) is 10.1. The molecule has 1 aromatic carbocycles. The molecule has 0 bridgehead atoms. The molecule has 10 nitrogen and oxygen atoms in total. The fourth-order valence-corrected chi connectivity index (χ4v) is 6.07. The van der Waals surface area contributed by atoms with E-state index in [0.29, 0.717) is 49.5 Å². The molecular weight excluding hydrogens is 478 g/mol. The van der Waals surface area contributed by atoms with Gasteiger partial charge in [-0.15, -0.1) is 11.3 Å². The molecule has 34 heavy (non-hydrogen) atoms. The maximum Gasteiger partial charge on any atom is 0.241 e. The number of hydrogen-bond donors (Lipinski definition) is 4. The normalized spacial score (nSPS) is 18.2. The summed E-state index contributed by atoms with van der Waals surface area (Å²) in [4.78, 5) is 28.5. The van der Waals surface area contributed by atoms with Crippen LogP contribution in [0.1, 0.15) is 34.6 Å². The number of benzene rings is 1. The lowest BCUT2D eigenvalue weighted by Crippen LogP contribution is -2.49. The quantitative estimate of drug-likeness (QED) is 0.309. The third kappa shape index (κ3) is 5.57. The number of nitrogens with two attached hydrogens (primary N) is 1. The average molecular weight is 506 g/mol. The Morgan fingerprint density at radius 2 is 2.09 bits per heavy atom. The molecule has 3 heterocycles. The van der Waals surface area contributed by atoms with Gasteiger partial charge in [-0.3, -0.25) is 15.0 Å². The van der Waals surface area contributed by atoms with Crippen molar-refractivity contribution in [2.45, 2.75) is 43.2 Å². The van der Waals surface area contributed by atoms with Crippen LogP contribution in [0.3, 0.4) is 0 Å². The first-order valence-corrected chi connectivity index (χ1v) is 13.3. The van der Waals surface area contributed by atoms with Crippen molar-refractivity contribution in [1.29, 1.82) is 5.41 Å². The van der Waals surface area contributed by atoms with Gasteiger partial charge in [-0.05, 0) is 55.2 Å². The van der Waals surface area contributed by atoms with Gasteiger partial charge >= 0.3 is 0 Å². The molecule has 5 N–H and O–H groups in total. The predicted molar refractivity (Wildman–Crippen MR) is 127 cm³/mol. The fraction of sp³-hybridized carbons (Fsp3) is 0.409. The van der Waals surface area contributed by atoms with Crippen LogP contribution in [0.2, 0.25) is 0 Å². The maximum absolute atomic E-state index is 13.1. The molecule has 2 amide bonds. The van der Waals surface area contributed by atoms with E-state index >= 15 is 0 Å². The molecule has 1 fully saturated rings. The van der Waals surface area contributed by atoms with Crippen molar-refractivity contribution in [2.75, 3.05) is 19.7 Å². The summed E-state index contributed by atoms with van der Waals surface area (Å²) < 4.78 is 33.9. The second-order valence-electron chi connectivity index (χ2n) is 8.25. The summed E-state index contributed by atoms with van der Waals surface area (Å²) in [6.07, 6.45) is 2.36. The molecule has 2 aromatic rings. The number of rotatable bonds is 8. The minimum absolute atomic E-state index is 0.0283. The van der Waals surface area contributed by atoms with E-state index in [0.717, 1.165) is 10.4 Å². The van der Waals surface area contributed by atoms with Gasteiger partial charge in [-0.25, -0.2) is 8.42 Å². The number of fused-ring (bicyclic) bond motifs is 1. The number of carbonyl (C=O) groups is 2. The SMILES string of the molecule is N=C(N)c1ccc(CNC(=O)CN2CCCCC(NS(=O)(=O)c3ccc4c(c3)CCO4)C2=O)s1. The van der Waals surface area contributed by atoms with Gasteiger partial charge in [0.25, 0.3) is 0 Å². The lowest BCUT2D eigenvalue weighted by atomic mass is 10.1. The minimum atomic E-state index is -3.91. The van der Waals surface area contributed by atoms with E-state index in [9.17, 15) is 18.0 Å². The number of nitrogens with zero attached hydrogens (tertiary/aromatic N) is 1. The Hall–Kier alpha value is -2.96. The Morgan fingerprint density at radius 3 is 2.85 bits per heavy atom. The van der Waals surface area contributed by atoms with Crippen molar-refractivity contribution in [2.24, 2.45) is 5.73 Å². The molecule has 2 aliphatic rings. The Morgan fingerprint density at radius 1 is 1.26 bits per heavy atom. The molecule has 1 atom stereocenters. The smallest absolute Gasteiger partial charge is 0.241 e. The Kier molecular flexibility index (Phi) is 7.19. The van der Waals surface area contributed by atoms with Crippen LogP contribution in [0.5, 0.6) is 5.75 Å². The number of sulfonamides is 1. The standard InChI is InChI=1S/C22H27N5O5S2/c23-21(24)19-7-4-15(33-19)12-25-20(28)13-27-9-2-1-3-17(22(27)29)26-34(30,31)16-5-6-18-14(11-16)8-10-32-18/h4-7,11,17,26H,1-3,8-10,12-13H2,(H3,23,24)(H,25,28). The van der Waals surface area contributed by atoms with Gasteiger partial charge in [0, 0.05) is 17.8 Å². The van der Waals surface area contributed by atoms with Crippen LogP contribution in [0.15, 0.2) is 35.2 Å². The lowest BCUT2D eigenvalue weighted by molar-refractivity contribution is -0.136. The van der Waals surface area contributed by atoms with E-state index in [1.54, 1.807) is 24.3 Å². The molecule has 1 unspecified atom stereocenters. The van der Waals surface area contributed by atoms with E-state index < -0.39 is 22.0 Å². The summed E-state index contributed by atoms with van der Waals surface area (Å²) in [5.74, 6) is -0.0924. The van der Waals surface area contributed by atoms with Crippen molar-refractivity contribution < 1.29 is 22.7 Å². The van der Waals surface area contributed by atoms with Crippen molar-refractivity contribution in [3.05, 3.63) is 45.6 Å². The van der Waals surface area contributed by atoms with Crippen LogP contribution in [-0.4, -0.2) is 56.7 Å². The van der Waals surface area contributed by atoms with Crippen LogP contribution in [0, 0.1) is 5.41 Å². The largest absolute Gasteiger partial charge is 0.493 e. The highest BCUT2D eigenvalue weighted by Crippen LogP contribution is 2.28. The number of nitrogen functional groups attached to an aromatic ring is 1. The lowest BCUT2D eigenvalue weighted by Gasteiger charge is -2.24. The van der Waals surface area contributed by atoms with E-state index in [4.69, 9.17) is 15.9 Å². The van der Waals surface area contributed by atoms with Crippen molar-refractivity contribution >= 4 is 39.0 Å². The molecule has 2 aliphatic heterocycles. The third-order valence-corrected chi connectivity index (χ3v) is 8.36. The minimum Gasteiger partial charge on any atom is -0.493 e. The molecule has 0 aliphatic carbocycles. The first-order valence-electron chi connectivity index (χ1n) is 11.0. The van der Waals surface area contributed by atoms with Crippen LogP contribution in [0.25, 0.3) is 0 Å². The number of hydrogen-bond acceptors (Lipinski definition) is 7. The number of ether oxygens (including phenoxy) is 1. The molecule has 1 aromatic heterocycles. The van der Waals surface area contributed by atoms with Crippen LogP contribution in [-0.2, 0) is 32.6 Å². The van der Waals surface area contributed by atoms with Gasteiger partial charge in [0.1, 0.15) is 17.6 Å². The zero-order valence-corrected chi connectivity index (χ0v) is 20.1. The molecule has 1 saturated heterocycles. The maximum atomic E-state index is 13.1. The first kappa shape index (κ1) is 24.2. The van der Waals surface area contributed by atoms with Gasteiger partial charge in [-0.1, -0.05) is 0 Å². The third-order valence-electron chi connectivity index (χ3n) is 5.77. The molecule has 12 heteroatoms. The van der Waals surface area contributed by atoms with Gasteiger partial charge in [0.05, 0.1) is 29.5 Å². The summed E-state index contributed by atoms with van der Waals surface area (Å²) in [7, 11) is -3.91. The number of amides is 2. The van der Waals surface area contributed by atoms with Crippen LogP contribution in [0.4, 0.5) is 0 Å². The average Bonchev–Trinajstić information content (AvgIpc) is 3.44. The Labute approximate surface area is 202 Å². The topological polar surface area (TPSA) is 155 Å². The Balaban J connectivity index is 1.37. The van der Waals surface area contributed by atoms with E-state index in [1.807, 2.05) is 0 Å². The van der Waals surface area contributed by atoms with Crippen LogP contribution < -0.4 is 20.5 Å². The summed E-state index contributed by atoms with van der Waals surface area (Å²) in [5.41, 5.74) is 6.29. The van der Waals surface area contributed by atoms with E-state index in [1.165, 1.54) is 22.3 Å². The van der Waals surface area contributed by atoms with E-state index in [2.05, 4.69) is 10.0 Å². The highest BCUT2D eigenvalue weighted by Gasteiger charge is 2.32. The van der Waals surface area contributed by atoms with Gasteiger partial charge in [0.15, 0.2) is 0 Å². The number of likely N-dealkylation sites (tertiary alicyclic amines) is 1. The van der Waals surface area contributed by atoms with Gasteiger partial charge in [-0.2, -0.15) is 4.72 Å². The molecular formula is C22H27N5O5S2. The summed E-state index contributed by atoms with van der Waals surface area (Å²) in [6, 6.07) is 7.27. The van der Waals surface area contributed by atoms with Crippen molar-refractivity contribution in [3.63, 3.8) is 0 Å². The Bertz CT molecular complexity index is 1210. The molecule has 4 rings (SSSR count).